The van der Waals surface area contributed by atoms with Crippen LogP contribution in [0.5, 0.6) is 0 Å². The molecule has 0 saturated carbocycles. The van der Waals surface area contributed by atoms with Crippen molar-refractivity contribution >= 4 is 17.6 Å². The molecule has 0 amide bonds. The molecular formula is C24H27FN6OS. The first-order chi connectivity index (χ1) is 16.3. The van der Waals surface area contributed by atoms with Gasteiger partial charge in [-0.15, -0.1) is 10.2 Å². The Morgan fingerprint density at radius 3 is 2.52 bits per heavy atom. The number of amidine groups is 1. The Morgan fingerprint density at radius 1 is 1.00 bits per heavy atom. The van der Waals surface area contributed by atoms with Gasteiger partial charge in [0.05, 0.1) is 13.1 Å². The predicted molar refractivity (Wildman–Crippen MR) is 127 cm³/mol. The molecule has 2 aromatic carbocycles. The lowest BCUT2D eigenvalue weighted by Gasteiger charge is -2.26. The smallest absolute Gasteiger partial charge is 0.195 e. The van der Waals surface area contributed by atoms with E-state index < -0.39 is 0 Å². The van der Waals surface area contributed by atoms with Gasteiger partial charge in [0.25, 0.3) is 0 Å². The molecule has 172 valence electrons. The van der Waals surface area contributed by atoms with E-state index in [1.165, 1.54) is 31.4 Å². The summed E-state index contributed by atoms with van der Waals surface area (Å²) in [6.45, 7) is 3.44. The molecule has 7 nitrogen and oxygen atoms in total. The van der Waals surface area contributed by atoms with Crippen LogP contribution in [0.15, 0.2) is 64.7 Å². The molecule has 0 bridgehead atoms. The zero-order chi connectivity index (χ0) is 22.5. The zero-order valence-electron chi connectivity index (χ0n) is 18.4. The number of hydroxylamine groups is 1. The molecule has 0 spiro atoms. The average molecular weight is 467 g/mol. The van der Waals surface area contributed by atoms with Crippen LogP contribution >= 0.6 is 11.8 Å². The molecule has 1 aromatic heterocycles. The molecule has 1 fully saturated rings. The fraction of sp³-hybridized carbons (Fsp3) is 0.375. The van der Waals surface area contributed by atoms with Crippen molar-refractivity contribution in [1.82, 2.24) is 25.1 Å². The quantitative estimate of drug-likeness (QED) is 0.534. The summed E-state index contributed by atoms with van der Waals surface area (Å²) in [5.41, 5.74) is 4.84. The van der Waals surface area contributed by atoms with E-state index in [0.29, 0.717) is 12.3 Å². The second-order valence-corrected chi connectivity index (χ2v) is 9.24. The summed E-state index contributed by atoms with van der Waals surface area (Å²) in [7, 11) is 0. The van der Waals surface area contributed by atoms with Crippen molar-refractivity contribution in [3.05, 3.63) is 71.8 Å². The van der Waals surface area contributed by atoms with Crippen molar-refractivity contribution in [2.24, 2.45) is 4.99 Å². The molecule has 3 heterocycles. The first-order valence-electron chi connectivity index (χ1n) is 11.3. The Hall–Kier alpha value is -2.75. The van der Waals surface area contributed by atoms with E-state index in [1.807, 2.05) is 34.9 Å². The minimum atomic E-state index is -0.257. The van der Waals surface area contributed by atoms with Crippen molar-refractivity contribution in [3.8, 4) is 5.69 Å². The fourth-order valence-corrected chi connectivity index (χ4v) is 5.01. The van der Waals surface area contributed by atoms with Gasteiger partial charge in [-0.25, -0.2) is 9.87 Å². The number of halogens is 1. The molecule has 33 heavy (non-hydrogen) atoms. The van der Waals surface area contributed by atoms with E-state index in [0.717, 1.165) is 47.7 Å². The minimum Gasteiger partial charge on any atom is -0.296 e. The molecule has 9 heteroatoms. The topological polar surface area (TPSA) is 67.6 Å². The Morgan fingerprint density at radius 2 is 1.79 bits per heavy atom. The van der Waals surface area contributed by atoms with Gasteiger partial charge in [-0.05, 0) is 50.2 Å². The van der Waals surface area contributed by atoms with Gasteiger partial charge in [-0.2, -0.15) is 0 Å². The summed E-state index contributed by atoms with van der Waals surface area (Å²) in [5, 5.41) is 9.74. The molecule has 0 aliphatic carbocycles. The fourth-order valence-electron chi connectivity index (χ4n) is 4.07. The number of benzene rings is 2. The van der Waals surface area contributed by atoms with Gasteiger partial charge in [-0.1, -0.05) is 48.5 Å². The van der Waals surface area contributed by atoms with Gasteiger partial charge < -0.3 is 0 Å². The van der Waals surface area contributed by atoms with Crippen LogP contribution in [0.25, 0.3) is 5.69 Å². The monoisotopic (exact) mass is 466 g/mol. The lowest BCUT2D eigenvalue weighted by molar-refractivity contribution is 0.0212. The summed E-state index contributed by atoms with van der Waals surface area (Å²) in [6.07, 6.45) is 3.62. The highest BCUT2D eigenvalue weighted by molar-refractivity contribution is 7.99. The molecule has 1 unspecified atom stereocenters. The summed E-state index contributed by atoms with van der Waals surface area (Å²) in [6, 6.07) is 16.4. The third-order valence-electron chi connectivity index (χ3n) is 5.82. The van der Waals surface area contributed by atoms with Crippen LogP contribution in [0.4, 0.5) is 4.39 Å². The third-order valence-corrected chi connectivity index (χ3v) is 6.88. The maximum Gasteiger partial charge on any atom is 0.195 e. The molecule has 0 radical (unpaired) electrons. The first-order valence-corrected chi connectivity index (χ1v) is 12.3. The van der Waals surface area contributed by atoms with Gasteiger partial charge >= 0.3 is 0 Å². The minimum absolute atomic E-state index is 0.0913. The van der Waals surface area contributed by atoms with Crippen LogP contribution in [0.1, 0.15) is 30.7 Å². The SMILES string of the molecule is Fc1ccc(-n2c(CN3CCCCC3)nnc2SCC2CN=C(c3ccccc3)NO2)cc1. The van der Waals surface area contributed by atoms with Crippen LogP contribution in [0.2, 0.25) is 0 Å². The van der Waals surface area contributed by atoms with Crippen LogP contribution in [0.3, 0.4) is 0 Å². The molecule has 1 N–H and O–H groups in total. The number of aromatic nitrogens is 3. The number of hydrogen-bond acceptors (Lipinski definition) is 7. The van der Waals surface area contributed by atoms with Crippen molar-refractivity contribution in [2.75, 3.05) is 25.4 Å². The summed E-state index contributed by atoms with van der Waals surface area (Å²) < 4.78 is 15.6. The number of aliphatic imine (C=N–C) groups is 1. The lowest BCUT2D eigenvalue weighted by atomic mass is 10.1. The van der Waals surface area contributed by atoms with Crippen molar-refractivity contribution in [1.29, 1.82) is 0 Å². The second kappa shape index (κ2) is 10.5. The number of thioether (sulfide) groups is 1. The van der Waals surface area contributed by atoms with Gasteiger partial charge in [0.15, 0.2) is 16.8 Å². The average Bonchev–Trinajstić information content (AvgIpc) is 3.27. The maximum absolute atomic E-state index is 13.6. The van der Waals surface area contributed by atoms with Gasteiger partial charge in [0, 0.05) is 17.0 Å². The Labute approximate surface area is 197 Å². The molecule has 3 aromatic rings. The van der Waals surface area contributed by atoms with E-state index in [1.54, 1.807) is 23.9 Å². The molecule has 1 atom stereocenters. The van der Waals surface area contributed by atoms with Gasteiger partial charge in [0.2, 0.25) is 0 Å². The van der Waals surface area contributed by atoms with E-state index in [4.69, 9.17) is 4.84 Å². The second-order valence-electron chi connectivity index (χ2n) is 8.26. The number of piperidine rings is 1. The zero-order valence-corrected chi connectivity index (χ0v) is 19.2. The van der Waals surface area contributed by atoms with E-state index in [2.05, 4.69) is 25.6 Å². The van der Waals surface area contributed by atoms with E-state index in [9.17, 15) is 4.39 Å². The normalized spacial score (nSPS) is 19.2. The summed E-state index contributed by atoms with van der Waals surface area (Å²) >= 11 is 1.58. The van der Waals surface area contributed by atoms with Gasteiger partial charge in [0.1, 0.15) is 11.9 Å². The van der Waals surface area contributed by atoms with Crippen molar-refractivity contribution in [3.63, 3.8) is 0 Å². The Bertz CT molecular complexity index is 1080. The molecule has 2 aliphatic rings. The largest absolute Gasteiger partial charge is 0.296 e. The predicted octanol–water partition coefficient (Wildman–Crippen LogP) is 3.83. The standard InChI is InChI=1S/C24H27FN6OS/c25-19-9-11-20(12-10-19)31-22(16-30-13-5-2-6-14-30)27-28-24(31)33-17-21-15-26-23(29-32-21)18-7-3-1-4-8-18/h1,3-4,7-12,21H,2,5-6,13-17H2,(H,26,29). The molecular weight excluding hydrogens is 439 g/mol. The lowest BCUT2D eigenvalue weighted by Crippen LogP contribution is -2.38. The highest BCUT2D eigenvalue weighted by Gasteiger charge is 2.22. The first kappa shape index (κ1) is 22.1. The van der Waals surface area contributed by atoms with Crippen LogP contribution in [0, 0.1) is 5.82 Å². The summed E-state index contributed by atoms with van der Waals surface area (Å²) in [4.78, 5) is 12.9. The Kier molecular flexibility index (Phi) is 6.99. The number of nitrogens with zero attached hydrogens (tertiary/aromatic N) is 5. The highest BCUT2D eigenvalue weighted by atomic mass is 32.2. The van der Waals surface area contributed by atoms with Crippen molar-refractivity contribution in [2.45, 2.75) is 37.1 Å². The molecule has 5 rings (SSSR count). The highest BCUT2D eigenvalue weighted by Crippen LogP contribution is 2.25. The number of hydrogen-bond donors (Lipinski definition) is 1. The number of likely N-dealkylation sites (tertiary alicyclic amines) is 1. The van der Waals surface area contributed by atoms with Crippen LogP contribution in [-0.4, -0.2) is 57.0 Å². The Balaban J connectivity index is 1.29. The van der Waals surface area contributed by atoms with Crippen LogP contribution < -0.4 is 5.48 Å². The van der Waals surface area contributed by atoms with Gasteiger partial charge in [-0.3, -0.25) is 19.3 Å². The molecule has 2 aliphatic heterocycles. The van der Waals surface area contributed by atoms with Crippen molar-refractivity contribution < 1.29 is 9.23 Å². The number of nitrogens with one attached hydrogen (secondary N) is 1. The van der Waals surface area contributed by atoms with E-state index in [-0.39, 0.29) is 11.9 Å². The maximum atomic E-state index is 13.6. The van der Waals surface area contributed by atoms with E-state index >= 15 is 0 Å². The third kappa shape index (κ3) is 5.43. The number of rotatable bonds is 7. The molecule has 1 saturated heterocycles. The van der Waals surface area contributed by atoms with Crippen LogP contribution in [-0.2, 0) is 11.4 Å². The summed E-state index contributed by atoms with van der Waals surface area (Å²) in [5.74, 6) is 2.03.